The van der Waals surface area contributed by atoms with Crippen molar-refractivity contribution in [3.8, 4) is 34.4 Å². The highest BCUT2D eigenvalue weighted by molar-refractivity contribution is 6.06. The molecule has 1 unspecified atom stereocenters. The van der Waals surface area contributed by atoms with Crippen molar-refractivity contribution in [1.29, 1.82) is 0 Å². The van der Waals surface area contributed by atoms with E-state index in [0.717, 1.165) is 5.56 Å². The number of benzene rings is 2. The highest BCUT2D eigenvalue weighted by Crippen LogP contribution is 2.42. The maximum atomic E-state index is 13.6. The molecule has 0 spiro atoms. The number of nitrogens with zero attached hydrogens (tertiary/aromatic N) is 4. The number of phenolic OH excluding ortho intramolecular Hbond substituents is 1. The van der Waals surface area contributed by atoms with Crippen LogP contribution in [0.1, 0.15) is 18.5 Å². The summed E-state index contributed by atoms with van der Waals surface area (Å²) in [6.45, 7) is 1.81. The van der Waals surface area contributed by atoms with Gasteiger partial charge in [-0.2, -0.15) is 4.98 Å². The molecule has 5 rings (SSSR count). The van der Waals surface area contributed by atoms with Crippen LogP contribution in [0.4, 0.5) is 11.6 Å². The minimum atomic E-state index is -0.633. The normalized spacial score (nSPS) is 14.4. The van der Waals surface area contributed by atoms with Crippen molar-refractivity contribution in [3.63, 3.8) is 0 Å². The number of amides is 1. The molecule has 1 amide bonds. The number of ether oxygens (including phenoxy) is 3. The zero-order valence-corrected chi connectivity index (χ0v) is 21.2. The highest BCUT2D eigenvalue weighted by Gasteiger charge is 2.35. The Morgan fingerprint density at radius 3 is 2.37 bits per heavy atom. The summed E-state index contributed by atoms with van der Waals surface area (Å²) in [5.74, 6) is 2.00. The fourth-order valence-electron chi connectivity index (χ4n) is 4.38. The summed E-state index contributed by atoms with van der Waals surface area (Å²) in [7, 11) is 4.61. The smallest absolute Gasteiger partial charge is 0.255 e. The number of carbonyl (C=O) groups is 1. The first-order chi connectivity index (χ1) is 18.4. The average molecular weight is 515 g/mol. The van der Waals surface area contributed by atoms with Gasteiger partial charge in [-0.3, -0.25) is 9.78 Å². The predicted molar refractivity (Wildman–Crippen MR) is 141 cm³/mol. The predicted octanol–water partition coefficient (Wildman–Crippen LogP) is 4.00. The first-order valence-corrected chi connectivity index (χ1v) is 11.7. The third-order valence-corrected chi connectivity index (χ3v) is 6.15. The number of allylic oxidation sites excluding steroid dienone is 1. The number of hydrogen-bond acceptors (Lipinski definition) is 9. The zero-order valence-electron chi connectivity index (χ0n) is 21.2. The van der Waals surface area contributed by atoms with Gasteiger partial charge < -0.3 is 30.0 Å². The molecule has 0 radical (unpaired) electrons. The van der Waals surface area contributed by atoms with E-state index in [0.29, 0.717) is 51.5 Å². The van der Waals surface area contributed by atoms with Crippen molar-refractivity contribution in [3.05, 3.63) is 77.8 Å². The summed E-state index contributed by atoms with van der Waals surface area (Å²) in [6, 6.07) is 13.0. The molecule has 194 valence electrons. The van der Waals surface area contributed by atoms with Crippen molar-refractivity contribution in [2.45, 2.75) is 13.0 Å². The maximum Gasteiger partial charge on any atom is 0.255 e. The molecule has 3 N–H and O–H groups in total. The molecule has 0 aliphatic carbocycles. The Kier molecular flexibility index (Phi) is 6.56. The number of anilines is 2. The van der Waals surface area contributed by atoms with E-state index in [1.165, 1.54) is 21.3 Å². The summed E-state index contributed by atoms with van der Waals surface area (Å²) in [4.78, 5) is 22.3. The van der Waals surface area contributed by atoms with Crippen LogP contribution in [0.5, 0.6) is 23.0 Å². The fraction of sp³-hybridized carbons (Fsp3) is 0.185. The second-order valence-corrected chi connectivity index (χ2v) is 8.47. The summed E-state index contributed by atoms with van der Waals surface area (Å²) in [5, 5.41) is 20.8. The van der Waals surface area contributed by atoms with Gasteiger partial charge in [0.05, 0.1) is 38.8 Å². The van der Waals surface area contributed by atoms with Crippen molar-refractivity contribution < 1.29 is 24.1 Å². The number of nitrogens with one attached hydrogen (secondary N) is 2. The second kappa shape index (κ2) is 10.1. The van der Waals surface area contributed by atoms with Gasteiger partial charge in [-0.05, 0) is 48.9 Å². The molecule has 2 aromatic carbocycles. The van der Waals surface area contributed by atoms with Gasteiger partial charge in [-0.1, -0.05) is 12.1 Å². The number of pyridine rings is 1. The molecule has 11 nitrogen and oxygen atoms in total. The van der Waals surface area contributed by atoms with Crippen LogP contribution in [0.2, 0.25) is 0 Å². The molecule has 0 saturated heterocycles. The van der Waals surface area contributed by atoms with Crippen LogP contribution < -0.4 is 24.8 Å². The molecule has 11 heteroatoms. The second-order valence-electron chi connectivity index (χ2n) is 8.47. The van der Waals surface area contributed by atoms with E-state index in [9.17, 15) is 9.90 Å². The fourth-order valence-corrected chi connectivity index (χ4v) is 4.38. The van der Waals surface area contributed by atoms with Gasteiger partial charge in [-0.15, -0.1) is 5.10 Å². The molecule has 0 bridgehead atoms. The first-order valence-electron chi connectivity index (χ1n) is 11.7. The minimum absolute atomic E-state index is 0.113. The van der Waals surface area contributed by atoms with Crippen LogP contribution in [0.3, 0.4) is 0 Å². The number of fused-ring (bicyclic) bond motifs is 1. The average Bonchev–Trinajstić information content (AvgIpc) is 3.36. The monoisotopic (exact) mass is 514 g/mol. The van der Waals surface area contributed by atoms with Gasteiger partial charge in [0.2, 0.25) is 11.7 Å². The van der Waals surface area contributed by atoms with Gasteiger partial charge in [0.1, 0.15) is 11.8 Å². The number of methoxy groups -OCH3 is 3. The van der Waals surface area contributed by atoms with Crippen molar-refractivity contribution in [1.82, 2.24) is 19.7 Å². The third-order valence-electron chi connectivity index (χ3n) is 6.15. The molecule has 4 aromatic rings. The largest absolute Gasteiger partial charge is 0.508 e. The Balaban J connectivity index is 1.62. The van der Waals surface area contributed by atoms with Crippen LogP contribution in [-0.2, 0) is 4.79 Å². The summed E-state index contributed by atoms with van der Waals surface area (Å²) in [5.41, 5.74) is 2.98. The van der Waals surface area contributed by atoms with Crippen LogP contribution in [0.25, 0.3) is 11.4 Å². The molecule has 38 heavy (non-hydrogen) atoms. The number of phenols is 1. The number of aromatic hydroxyl groups is 1. The van der Waals surface area contributed by atoms with Gasteiger partial charge in [-0.25, -0.2) is 4.68 Å². The Bertz CT molecular complexity index is 1490. The van der Waals surface area contributed by atoms with Crippen molar-refractivity contribution >= 4 is 17.5 Å². The van der Waals surface area contributed by atoms with E-state index in [1.54, 1.807) is 65.6 Å². The molecule has 0 saturated carbocycles. The SMILES string of the molecule is COc1cc(-c2nc3n(n2)C(c2ccc(O)cc2)C(C(=O)Nc2cccnc2)=C(C)N3)cc(OC)c1OC. The molecule has 0 fully saturated rings. The van der Waals surface area contributed by atoms with Crippen LogP contribution in [0.15, 0.2) is 72.2 Å². The van der Waals surface area contributed by atoms with Gasteiger partial charge in [0.25, 0.3) is 5.91 Å². The molecule has 1 atom stereocenters. The van der Waals surface area contributed by atoms with E-state index >= 15 is 0 Å². The lowest BCUT2D eigenvalue weighted by Crippen LogP contribution is -2.31. The molecular weight excluding hydrogens is 488 g/mol. The molecule has 3 heterocycles. The lowest BCUT2D eigenvalue weighted by atomic mass is 9.95. The topological polar surface area (TPSA) is 133 Å². The first kappa shape index (κ1) is 24.6. The van der Waals surface area contributed by atoms with Crippen molar-refractivity contribution in [2.24, 2.45) is 0 Å². The Morgan fingerprint density at radius 2 is 1.76 bits per heavy atom. The van der Waals surface area contributed by atoms with E-state index < -0.39 is 6.04 Å². The maximum absolute atomic E-state index is 13.6. The standard InChI is InChI=1S/C27H26N6O5/c1-15-22(26(35)30-18-6-5-11-28-14-18)23(16-7-9-19(34)10-8-16)33-27(29-15)31-25(32-33)17-12-20(36-2)24(38-4)21(13-17)37-3/h5-14,23,34H,1-4H3,(H,30,35)(H,29,31,32). The van der Waals surface area contributed by atoms with Gasteiger partial charge in [0.15, 0.2) is 17.3 Å². The van der Waals surface area contributed by atoms with Crippen molar-refractivity contribution in [2.75, 3.05) is 32.0 Å². The van der Waals surface area contributed by atoms with E-state index in [2.05, 4.69) is 15.6 Å². The minimum Gasteiger partial charge on any atom is -0.508 e. The molecule has 1 aliphatic heterocycles. The summed E-state index contributed by atoms with van der Waals surface area (Å²) >= 11 is 0. The number of hydrogen-bond donors (Lipinski definition) is 3. The number of aromatic nitrogens is 4. The lowest BCUT2D eigenvalue weighted by Gasteiger charge is -2.28. The summed E-state index contributed by atoms with van der Waals surface area (Å²) < 4.78 is 18.1. The highest BCUT2D eigenvalue weighted by atomic mass is 16.5. The Labute approximate surface area is 218 Å². The number of rotatable bonds is 7. The number of carbonyl (C=O) groups excluding carboxylic acids is 1. The van der Waals surface area contributed by atoms with Crippen LogP contribution in [-0.4, -0.2) is 52.1 Å². The quantitative estimate of drug-likeness (QED) is 0.335. The van der Waals surface area contributed by atoms with Gasteiger partial charge in [0, 0.05) is 17.5 Å². The van der Waals surface area contributed by atoms with Gasteiger partial charge >= 0.3 is 0 Å². The summed E-state index contributed by atoms with van der Waals surface area (Å²) in [6.07, 6.45) is 3.21. The lowest BCUT2D eigenvalue weighted by molar-refractivity contribution is -0.113. The zero-order chi connectivity index (χ0) is 26.8. The van der Waals surface area contributed by atoms with Crippen LogP contribution >= 0.6 is 0 Å². The van der Waals surface area contributed by atoms with E-state index in [4.69, 9.17) is 24.3 Å². The third kappa shape index (κ3) is 4.45. The van der Waals surface area contributed by atoms with E-state index in [-0.39, 0.29) is 11.7 Å². The molecular formula is C27H26N6O5. The molecule has 2 aromatic heterocycles. The Morgan fingerprint density at radius 1 is 1.05 bits per heavy atom. The van der Waals surface area contributed by atoms with E-state index in [1.807, 2.05) is 6.92 Å². The molecule has 1 aliphatic rings. The Hall–Kier alpha value is -5.06. The van der Waals surface area contributed by atoms with Crippen LogP contribution in [0, 0.1) is 0 Å².